The molecule has 0 fully saturated rings. The van der Waals surface area contributed by atoms with Gasteiger partial charge in [0.15, 0.2) is 5.78 Å². The predicted octanol–water partition coefficient (Wildman–Crippen LogP) is 3.26. The molecule has 78 valence electrons. The smallest absolute Gasteiger partial charge is 0.188 e. The standard InChI is InChI=1S/C12H10F2O/c13-10-5-9(6-11(14)7-10)12(15)8-3-1-2-4-8/h3,5-7H,1-2,4H2. The van der Waals surface area contributed by atoms with E-state index in [-0.39, 0.29) is 11.3 Å². The van der Waals surface area contributed by atoms with E-state index in [4.69, 9.17) is 0 Å². The third-order valence-corrected chi connectivity index (χ3v) is 2.46. The number of ketones is 1. The molecule has 0 heterocycles. The monoisotopic (exact) mass is 208 g/mol. The molecule has 0 bridgehead atoms. The molecule has 15 heavy (non-hydrogen) atoms. The summed E-state index contributed by atoms with van der Waals surface area (Å²) in [5, 5.41) is 0. The van der Waals surface area contributed by atoms with Crippen molar-refractivity contribution in [3.8, 4) is 0 Å². The van der Waals surface area contributed by atoms with Crippen LogP contribution < -0.4 is 0 Å². The van der Waals surface area contributed by atoms with Gasteiger partial charge in [-0.2, -0.15) is 0 Å². The molecule has 0 atom stereocenters. The highest BCUT2D eigenvalue weighted by Gasteiger charge is 2.16. The van der Waals surface area contributed by atoms with E-state index in [1.165, 1.54) is 0 Å². The van der Waals surface area contributed by atoms with Gasteiger partial charge in [-0.15, -0.1) is 0 Å². The normalized spacial score (nSPS) is 15.2. The van der Waals surface area contributed by atoms with Gasteiger partial charge in [-0.25, -0.2) is 8.78 Å². The van der Waals surface area contributed by atoms with E-state index in [0.717, 1.165) is 31.0 Å². The summed E-state index contributed by atoms with van der Waals surface area (Å²) in [7, 11) is 0. The van der Waals surface area contributed by atoms with E-state index in [9.17, 15) is 13.6 Å². The van der Waals surface area contributed by atoms with E-state index in [1.54, 1.807) is 0 Å². The van der Waals surface area contributed by atoms with Crippen molar-refractivity contribution >= 4 is 5.78 Å². The van der Waals surface area contributed by atoms with Crippen LogP contribution in [0.15, 0.2) is 29.8 Å². The largest absolute Gasteiger partial charge is 0.289 e. The van der Waals surface area contributed by atoms with Gasteiger partial charge in [-0.3, -0.25) is 4.79 Å². The van der Waals surface area contributed by atoms with Crippen LogP contribution in [0.3, 0.4) is 0 Å². The van der Waals surface area contributed by atoms with Gasteiger partial charge < -0.3 is 0 Å². The molecule has 0 aromatic heterocycles. The summed E-state index contributed by atoms with van der Waals surface area (Å²) in [4.78, 5) is 11.7. The highest BCUT2D eigenvalue weighted by atomic mass is 19.1. The van der Waals surface area contributed by atoms with Crippen LogP contribution in [0, 0.1) is 11.6 Å². The zero-order valence-electron chi connectivity index (χ0n) is 8.09. The van der Waals surface area contributed by atoms with Crippen molar-refractivity contribution < 1.29 is 13.6 Å². The van der Waals surface area contributed by atoms with Crippen LogP contribution >= 0.6 is 0 Å². The lowest BCUT2D eigenvalue weighted by atomic mass is 10.0. The highest BCUT2D eigenvalue weighted by molar-refractivity contribution is 6.08. The summed E-state index contributed by atoms with van der Waals surface area (Å²) in [5.74, 6) is -1.68. The fourth-order valence-corrected chi connectivity index (χ4v) is 1.75. The molecule has 0 N–H and O–H groups in total. The summed E-state index contributed by atoms with van der Waals surface area (Å²) in [6.07, 6.45) is 4.36. The minimum atomic E-state index is -0.711. The summed E-state index contributed by atoms with van der Waals surface area (Å²) < 4.78 is 25.7. The van der Waals surface area contributed by atoms with Gasteiger partial charge in [-0.05, 0) is 37.0 Å². The molecule has 2 rings (SSSR count). The van der Waals surface area contributed by atoms with Crippen LogP contribution in [0.1, 0.15) is 29.6 Å². The Hall–Kier alpha value is -1.51. The Balaban J connectivity index is 2.32. The average Bonchev–Trinajstić information content (AvgIpc) is 2.67. The quantitative estimate of drug-likeness (QED) is 0.682. The zero-order valence-corrected chi connectivity index (χ0v) is 8.09. The molecular weight excluding hydrogens is 198 g/mol. The van der Waals surface area contributed by atoms with Gasteiger partial charge in [0.25, 0.3) is 0 Å². The molecule has 0 spiro atoms. The minimum Gasteiger partial charge on any atom is -0.289 e. The van der Waals surface area contributed by atoms with E-state index >= 15 is 0 Å². The Kier molecular flexibility index (Phi) is 2.62. The number of rotatable bonds is 2. The summed E-state index contributed by atoms with van der Waals surface area (Å²) in [6.45, 7) is 0. The number of carbonyl (C=O) groups is 1. The molecule has 0 amide bonds. The highest BCUT2D eigenvalue weighted by Crippen LogP contribution is 2.22. The third-order valence-electron chi connectivity index (χ3n) is 2.46. The predicted molar refractivity (Wildman–Crippen MR) is 52.6 cm³/mol. The molecule has 0 unspecified atom stereocenters. The maximum atomic E-state index is 12.9. The molecule has 0 aliphatic heterocycles. The van der Waals surface area contributed by atoms with Crippen LogP contribution in [0.4, 0.5) is 8.78 Å². The van der Waals surface area contributed by atoms with Crippen LogP contribution in [0.2, 0.25) is 0 Å². The van der Waals surface area contributed by atoms with Crippen molar-refractivity contribution in [1.29, 1.82) is 0 Å². The molecule has 1 aromatic rings. The van der Waals surface area contributed by atoms with E-state index in [0.29, 0.717) is 12.0 Å². The zero-order chi connectivity index (χ0) is 10.8. The molecule has 1 nitrogen and oxygen atoms in total. The van der Waals surface area contributed by atoms with Gasteiger partial charge in [-0.1, -0.05) is 6.08 Å². The van der Waals surface area contributed by atoms with Crippen molar-refractivity contribution in [2.75, 3.05) is 0 Å². The second-order valence-electron chi connectivity index (χ2n) is 3.61. The first-order valence-electron chi connectivity index (χ1n) is 4.86. The SMILES string of the molecule is O=C(C1=CCCC1)c1cc(F)cc(F)c1. The lowest BCUT2D eigenvalue weighted by Gasteiger charge is -2.02. The molecule has 0 saturated heterocycles. The average molecular weight is 208 g/mol. The Labute approximate surface area is 86.4 Å². The fourth-order valence-electron chi connectivity index (χ4n) is 1.75. The van der Waals surface area contributed by atoms with E-state index in [2.05, 4.69) is 0 Å². The van der Waals surface area contributed by atoms with Crippen LogP contribution in [0.5, 0.6) is 0 Å². The number of allylic oxidation sites excluding steroid dienone is 2. The number of benzene rings is 1. The summed E-state index contributed by atoms with van der Waals surface area (Å²) in [6, 6.07) is 2.91. The van der Waals surface area contributed by atoms with Crippen molar-refractivity contribution in [2.45, 2.75) is 19.3 Å². The number of hydrogen-bond donors (Lipinski definition) is 0. The van der Waals surface area contributed by atoms with E-state index < -0.39 is 11.6 Å². The second-order valence-corrected chi connectivity index (χ2v) is 3.61. The molecule has 0 saturated carbocycles. The first-order chi connectivity index (χ1) is 7.16. The third kappa shape index (κ3) is 2.12. The van der Waals surface area contributed by atoms with Crippen LogP contribution in [-0.2, 0) is 0 Å². The maximum absolute atomic E-state index is 12.9. The Morgan fingerprint density at radius 2 is 1.80 bits per heavy atom. The van der Waals surface area contributed by atoms with Crippen LogP contribution in [0.25, 0.3) is 0 Å². The van der Waals surface area contributed by atoms with Gasteiger partial charge in [0, 0.05) is 11.6 Å². The first kappa shape index (κ1) is 10.0. The fraction of sp³-hybridized carbons (Fsp3) is 0.250. The minimum absolute atomic E-state index is 0.0978. The lowest BCUT2D eigenvalue weighted by molar-refractivity contribution is 0.103. The topological polar surface area (TPSA) is 17.1 Å². The number of Topliss-reactive ketones (excluding diaryl/α,β-unsaturated/α-hetero) is 1. The lowest BCUT2D eigenvalue weighted by Crippen LogP contribution is -2.02. The number of halogens is 2. The molecular formula is C12H10F2O. The van der Waals surface area contributed by atoms with Crippen LogP contribution in [-0.4, -0.2) is 5.78 Å². The van der Waals surface area contributed by atoms with E-state index in [1.807, 2.05) is 6.08 Å². The number of carbonyl (C=O) groups excluding carboxylic acids is 1. The number of hydrogen-bond acceptors (Lipinski definition) is 1. The maximum Gasteiger partial charge on any atom is 0.188 e. The Bertz CT molecular complexity index is 415. The van der Waals surface area contributed by atoms with Crippen molar-refractivity contribution in [3.05, 3.63) is 47.0 Å². The first-order valence-corrected chi connectivity index (χ1v) is 4.86. The molecule has 0 radical (unpaired) electrons. The Morgan fingerprint density at radius 3 is 2.33 bits per heavy atom. The molecule has 1 aromatic carbocycles. The van der Waals surface area contributed by atoms with Crippen molar-refractivity contribution in [2.24, 2.45) is 0 Å². The van der Waals surface area contributed by atoms with Gasteiger partial charge >= 0.3 is 0 Å². The molecule has 1 aliphatic rings. The van der Waals surface area contributed by atoms with Crippen molar-refractivity contribution in [3.63, 3.8) is 0 Å². The van der Waals surface area contributed by atoms with Gasteiger partial charge in [0.1, 0.15) is 11.6 Å². The van der Waals surface area contributed by atoms with Crippen molar-refractivity contribution in [1.82, 2.24) is 0 Å². The second kappa shape index (κ2) is 3.93. The molecule has 1 aliphatic carbocycles. The van der Waals surface area contributed by atoms with Gasteiger partial charge in [0.2, 0.25) is 0 Å². The van der Waals surface area contributed by atoms with Gasteiger partial charge in [0.05, 0.1) is 0 Å². The summed E-state index contributed by atoms with van der Waals surface area (Å²) in [5.41, 5.74) is 0.764. The summed E-state index contributed by atoms with van der Waals surface area (Å²) >= 11 is 0. The molecule has 3 heteroatoms. The Morgan fingerprint density at radius 1 is 1.13 bits per heavy atom.